The highest BCUT2D eigenvalue weighted by Crippen LogP contribution is 2.40. The molecule has 0 aliphatic heterocycles. The molecule has 7 nitrogen and oxygen atoms in total. The SMILES string of the molecule is O=C(Nc1c(Cl)cncc1Cl)c1ccc(OC(F)F)c2oc3ccc(/N=C\OCCCCl)cc3c12. The molecule has 12 heteroatoms. The number of nitrogens with one attached hydrogen (secondary N) is 1. The van der Waals surface area contributed by atoms with E-state index in [1.165, 1.54) is 30.9 Å². The molecule has 2 aromatic carbocycles. The van der Waals surface area contributed by atoms with Gasteiger partial charge in [0.1, 0.15) is 5.58 Å². The zero-order valence-electron chi connectivity index (χ0n) is 17.7. The fraction of sp³-hybridized carbons (Fsp3) is 0.174. The first-order valence-corrected chi connectivity index (χ1v) is 11.4. The highest BCUT2D eigenvalue weighted by atomic mass is 35.5. The monoisotopic (exact) mass is 541 g/mol. The molecule has 4 rings (SSSR count). The number of furan rings is 1. The quantitative estimate of drug-likeness (QED) is 0.103. The maximum absolute atomic E-state index is 13.2. The highest BCUT2D eigenvalue weighted by molar-refractivity contribution is 6.40. The lowest BCUT2D eigenvalue weighted by Crippen LogP contribution is -2.13. The average molecular weight is 543 g/mol. The van der Waals surface area contributed by atoms with E-state index in [1.54, 1.807) is 18.2 Å². The predicted molar refractivity (Wildman–Crippen MR) is 132 cm³/mol. The fourth-order valence-corrected chi connectivity index (χ4v) is 3.87. The standard InChI is InChI=1S/C23H16Cl3F2N3O4/c24-6-1-7-33-11-30-12-2-4-17-14(8-12)19-13(3-5-18(21(19)34-17)35-23(27)28)22(32)31-20-15(25)9-29-10-16(20)26/h2-5,8-11,23H,1,6-7H2,(H,29,31,32)/b30-11-. The van der Waals surface area contributed by atoms with E-state index >= 15 is 0 Å². The Morgan fingerprint density at radius 1 is 1.20 bits per heavy atom. The third-order valence-corrected chi connectivity index (χ3v) is 5.63. The number of alkyl halides is 3. The van der Waals surface area contributed by atoms with Gasteiger partial charge in [0, 0.05) is 29.0 Å². The van der Waals surface area contributed by atoms with E-state index < -0.39 is 12.5 Å². The molecule has 2 heterocycles. The van der Waals surface area contributed by atoms with E-state index in [4.69, 9.17) is 44.0 Å². The maximum Gasteiger partial charge on any atom is 0.387 e. The first kappa shape index (κ1) is 25.0. The molecule has 0 aliphatic rings. The van der Waals surface area contributed by atoms with Crippen molar-refractivity contribution in [2.24, 2.45) is 4.99 Å². The van der Waals surface area contributed by atoms with Gasteiger partial charge in [-0.15, -0.1) is 11.6 Å². The first-order chi connectivity index (χ1) is 16.9. The summed E-state index contributed by atoms with van der Waals surface area (Å²) in [7, 11) is 0. The van der Waals surface area contributed by atoms with E-state index in [0.717, 1.165) is 0 Å². The molecule has 0 radical (unpaired) electrons. The van der Waals surface area contributed by atoms with Crippen LogP contribution in [0.4, 0.5) is 20.2 Å². The Balaban J connectivity index is 1.80. The molecule has 0 bridgehead atoms. The molecule has 1 N–H and O–H groups in total. The summed E-state index contributed by atoms with van der Waals surface area (Å²) in [6.45, 7) is -2.69. The molecular weight excluding hydrogens is 527 g/mol. The van der Waals surface area contributed by atoms with Crippen LogP contribution in [0, 0.1) is 0 Å². The van der Waals surface area contributed by atoms with Gasteiger partial charge in [-0.2, -0.15) is 8.78 Å². The molecule has 0 unspecified atom stereocenters. The number of ether oxygens (including phenoxy) is 2. The van der Waals surface area contributed by atoms with Crippen LogP contribution in [0.25, 0.3) is 21.9 Å². The summed E-state index contributed by atoms with van der Waals surface area (Å²) in [5.74, 6) is -0.364. The van der Waals surface area contributed by atoms with Crippen LogP contribution in [-0.2, 0) is 4.74 Å². The lowest BCUT2D eigenvalue weighted by molar-refractivity contribution is -0.0493. The Morgan fingerprint density at radius 3 is 2.69 bits per heavy atom. The number of nitrogens with zero attached hydrogens (tertiary/aromatic N) is 2. The zero-order valence-corrected chi connectivity index (χ0v) is 20.0. The zero-order chi connectivity index (χ0) is 24.9. The number of carbonyl (C=O) groups is 1. The number of carbonyl (C=O) groups excluding carboxylic acids is 1. The number of pyridine rings is 1. The summed E-state index contributed by atoms with van der Waals surface area (Å²) in [5.41, 5.74) is 1.06. The summed E-state index contributed by atoms with van der Waals surface area (Å²) in [4.78, 5) is 21.3. The van der Waals surface area contributed by atoms with Gasteiger partial charge in [0.15, 0.2) is 17.7 Å². The molecule has 0 atom stereocenters. The molecule has 0 aliphatic carbocycles. The Kier molecular flexibility index (Phi) is 7.90. The number of fused-ring (bicyclic) bond motifs is 3. The molecular formula is C23H16Cl3F2N3O4. The third kappa shape index (κ3) is 5.58. The number of hydrogen-bond acceptors (Lipinski definition) is 6. The largest absolute Gasteiger partial charge is 0.483 e. The first-order valence-electron chi connectivity index (χ1n) is 10.1. The minimum atomic E-state index is -3.09. The molecule has 2 aromatic heterocycles. The third-order valence-electron chi connectivity index (χ3n) is 4.79. The Hall–Kier alpha value is -3.14. The van der Waals surface area contributed by atoms with Crippen molar-refractivity contribution in [2.45, 2.75) is 13.0 Å². The van der Waals surface area contributed by atoms with Crippen molar-refractivity contribution >= 4 is 80.4 Å². The van der Waals surface area contributed by atoms with Crippen molar-refractivity contribution in [2.75, 3.05) is 17.8 Å². The normalized spacial score (nSPS) is 11.6. The summed E-state index contributed by atoms with van der Waals surface area (Å²) >= 11 is 17.9. The number of aliphatic imine (C=N–C) groups is 1. The lowest BCUT2D eigenvalue weighted by Gasteiger charge is -2.11. The second-order valence-corrected chi connectivity index (χ2v) is 8.25. The number of benzene rings is 2. The summed E-state index contributed by atoms with van der Waals surface area (Å²) < 4.78 is 41.7. The van der Waals surface area contributed by atoms with Crippen LogP contribution >= 0.6 is 34.8 Å². The Labute approximate surface area is 212 Å². The Bertz CT molecular complexity index is 1390. The Morgan fingerprint density at radius 2 is 1.97 bits per heavy atom. The molecule has 0 saturated heterocycles. The molecule has 1 amide bonds. The number of rotatable bonds is 9. The minimum Gasteiger partial charge on any atom is -0.483 e. The van der Waals surface area contributed by atoms with Crippen LogP contribution < -0.4 is 10.1 Å². The summed E-state index contributed by atoms with van der Waals surface area (Å²) in [6.07, 6.45) is 4.59. The van der Waals surface area contributed by atoms with E-state index in [9.17, 15) is 13.6 Å². The second kappa shape index (κ2) is 11.1. The van der Waals surface area contributed by atoms with Gasteiger partial charge in [0.05, 0.1) is 33.6 Å². The van der Waals surface area contributed by atoms with Gasteiger partial charge in [-0.25, -0.2) is 4.99 Å². The molecule has 182 valence electrons. The topological polar surface area (TPSA) is 86.0 Å². The van der Waals surface area contributed by atoms with Crippen molar-refractivity contribution in [3.05, 3.63) is 58.3 Å². The molecule has 0 spiro atoms. The van der Waals surface area contributed by atoms with Crippen LogP contribution in [0.2, 0.25) is 10.0 Å². The summed E-state index contributed by atoms with van der Waals surface area (Å²) in [5, 5.41) is 3.59. The van der Waals surface area contributed by atoms with Crippen molar-refractivity contribution in [3.63, 3.8) is 0 Å². The van der Waals surface area contributed by atoms with Crippen LogP contribution in [0.3, 0.4) is 0 Å². The molecule has 4 aromatic rings. The van der Waals surface area contributed by atoms with Gasteiger partial charge in [-0.3, -0.25) is 9.78 Å². The number of anilines is 1. The van der Waals surface area contributed by atoms with Crippen molar-refractivity contribution in [1.29, 1.82) is 0 Å². The van der Waals surface area contributed by atoms with Crippen LogP contribution in [0.5, 0.6) is 5.75 Å². The fourth-order valence-electron chi connectivity index (χ4n) is 3.30. The van der Waals surface area contributed by atoms with Crippen LogP contribution in [0.1, 0.15) is 16.8 Å². The van der Waals surface area contributed by atoms with Crippen LogP contribution in [0.15, 0.2) is 52.1 Å². The maximum atomic E-state index is 13.2. The van der Waals surface area contributed by atoms with Gasteiger partial charge >= 0.3 is 6.61 Å². The predicted octanol–water partition coefficient (Wildman–Crippen LogP) is 7.45. The van der Waals surface area contributed by atoms with E-state index in [2.05, 4.69) is 20.0 Å². The van der Waals surface area contributed by atoms with Gasteiger partial charge in [-0.1, -0.05) is 23.2 Å². The smallest absolute Gasteiger partial charge is 0.387 e. The van der Waals surface area contributed by atoms with Gasteiger partial charge in [0.25, 0.3) is 5.91 Å². The minimum absolute atomic E-state index is 0.0284. The van der Waals surface area contributed by atoms with E-state index in [0.29, 0.717) is 35.6 Å². The van der Waals surface area contributed by atoms with E-state index in [-0.39, 0.29) is 38.0 Å². The number of amides is 1. The number of halogens is 5. The molecule has 35 heavy (non-hydrogen) atoms. The van der Waals surface area contributed by atoms with Crippen LogP contribution in [-0.4, -0.2) is 36.4 Å². The second-order valence-electron chi connectivity index (χ2n) is 7.06. The summed E-state index contributed by atoms with van der Waals surface area (Å²) in [6, 6.07) is 7.46. The van der Waals surface area contributed by atoms with Gasteiger partial charge in [-0.05, 0) is 36.8 Å². The van der Waals surface area contributed by atoms with Gasteiger partial charge < -0.3 is 19.2 Å². The van der Waals surface area contributed by atoms with Gasteiger partial charge in [0.2, 0.25) is 0 Å². The molecule has 0 saturated carbocycles. The number of hydrogen-bond donors (Lipinski definition) is 1. The van der Waals surface area contributed by atoms with E-state index in [1.807, 2.05) is 0 Å². The average Bonchev–Trinajstić information content (AvgIpc) is 3.21. The number of aromatic nitrogens is 1. The van der Waals surface area contributed by atoms with Crippen molar-refractivity contribution in [1.82, 2.24) is 4.98 Å². The van der Waals surface area contributed by atoms with Crippen molar-refractivity contribution in [3.8, 4) is 5.75 Å². The highest BCUT2D eigenvalue weighted by Gasteiger charge is 2.23. The van der Waals surface area contributed by atoms with Crippen molar-refractivity contribution < 1.29 is 27.5 Å². The molecule has 0 fully saturated rings. The lowest BCUT2D eigenvalue weighted by atomic mass is 10.0.